The molecule has 10 nitrogen and oxygen atoms in total. The van der Waals surface area contributed by atoms with E-state index in [1.807, 2.05) is 24.3 Å². The van der Waals surface area contributed by atoms with Crippen molar-refractivity contribution in [3.63, 3.8) is 0 Å². The van der Waals surface area contributed by atoms with Crippen LogP contribution in [0.2, 0.25) is 0 Å². The minimum Gasteiger partial charge on any atom is -0.496 e. The van der Waals surface area contributed by atoms with Gasteiger partial charge in [0.1, 0.15) is 11.5 Å². The number of nitrogens with zero attached hydrogens (tertiary/aromatic N) is 4. The Balaban J connectivity index is 1.72. The molecule has 0 unspecified atom stereocenters. The van der Waals surface area contributed by atoms with Gasteiger partial charge in [0.15, 0.2) is 0 Å². The third-order valence-corrected chi connectivity index (χ3v) is 5.69. The monoisotopic (exact) mass is 458 g/mol. The van der Waals surface area contributed by atoms with Crippen LogP contribution >= 0.6 is 0 Å². The molecule has 0 aromatic heterocycles. The number of ether oxygens (including phenoxy) is 2. The Hall–Kier alpha value is -4.34. The van der Waals surface area contributed by atoms with E-state index in [0.29, 0.717) is 23.4 Å². The van der Waals surface area contributed by atoms with Crippen LogP contribution in [0.3, 0.4) is 0 Å². The molecule has 0 saturated carbocycles. The van der Waals surface area contributed by atoms with Crippen molar-refractivity contribution >= 4 is 45.9 Å². The lowest BCUT2D eigenvalue weighted by Crippen LogP contribution is -2.30. The van der Waals surface area contributed by atoms with Crippen LogP contribution in [0, 0.1) is 0 Å². The van der Waals surface area contributed by atoms with E-state index in [1.165, 1.54) is 0 Å². The molecule has 4 N–H and O–H groups in total. The van der Waals surface area contributed by atoms with Gasteiger partial charge in [-0.2, -0.15) is 10.2 Å². The molecule has 3 aromatic carbocycles. The summed E-state index contributed by atoms with van der Waals surface area (Å²) < 4.78 is 11.5. The van der Waals surface area contributed by atoms with Gasteiger partial charge in [-0.05, 0) is 22.9 Å². The molecular weight excluding hydrogens is 432 g/mol. The van der Waals surface area contributed by atoms with Crippen molar-refractivity contribution in [2.75, 3.05) is 40.4 Å². The fourth-order valence-electron chi connectivity index (χ4n) is 4.19. The van der Waals surface area contributed by atoms with Crippen LogP contribution in [0.5, 0.6) is 11.5 Å². The standard InChI is InChI=1S/C24H26N8O2/c1-33-19-7-8-20(34-2)22-18(14-30-32-24-27-11-12-28-24)16-6-4-3-5-15(16)17(21(19)22)13-29-31-23-25-9-10-26-23/h3-8,13-14H,9-12H2,1-2H3,(H2,25,26,31)(H2,27,28,32)/b29-13+,30-14+. The highest BCUT2D eigenvalue weighted by Crippen LogP contribution is 2.41. The summed E-state index contributed by atoms with van der Waals surface area (Å²) in [7, 11) is 3.32. The average Bonchev–Trinajstić information content (AvgIpc) is 3.59. The molecule has 10 heteroatoms. The summed E-state index contributed by atoms with van der Waals surface area (Å²) >= 11 is 0. The van der Waals surface area contributed by atoms with E-state index in [0.717, 1.165) is 58.9 Å². The first-order valence-electron chi connectivity index (χ1n) is 11.0. The van der Waals surface area contributed by atoms with E-state index >= 15 is 0 Å². The van der Waals surface area contributed by atoms with Gasteiger partial charge in [-0.15, -0.1) is 0 Å². The van der Waals surface area contributed by atoms with Gasteiger partial charge >= 0.3 is 0 Å². The highest BCUT2D eigenvalue weighted by molar-refractivity contribution is 6.24. The number of nitrogens with one attached hydrogen (secondary N) is 4. The van der Waals surface area contributed by atoms with Crippen LogP contribution in [-0.2, 0) is 0 Å². The Morgan fingerprint density at radius 3 is 1.62 bits per heavy atom. The second kappa shape index (κ2) is 9.65. The maximum atomic E-state index is 5.77. The number of fused-ring (bicyclic) bond motifs is 2. The first kappa shape index (κ1) is 21.5. The van der Waals surface area contributed by atoms with Gasteiger partial charge in [-0.1, -0.05) is 24.3 Å². The fourth-order valence-corrected chi connectivity index (χ4v) is 4.19. The Bertz CT molecular complexity index is 1240. The van der Waals surface area contributed by atoms with Gasteiger partial charge in [0.25, 0.3) is 0 Å². The van der Waals surface area contributed by atoms with Crippen LogP contribution in [-0.4, -0.2) is 64.7 Å². The lowest BCUT2D eigenvalue weighted by atomic mass is 9.91. The SMILES string of the molecule is COc1ccc(OC)c2c(/C=N/NC3=NCCN3)c3ccccc3c(/C=N/NC3=NCCN3)c12. The topological polar surface area (TPSA) is 116 Å². The third-order valence-electron chi connectivity index (χ3n) is 5.69. The molecule has 0 spiro atoms. The first-order chi connectivity index (χ1) is 16.8. The number of methoxy groups -OCH3 is 2. The van der Waals surface area contributed by atoms with Gasteiger partial charge in [0.2, 0.25) is 11.9 Å². The summed E-state index contributed by atoms with van der Waals surface area (Å²) in [6.45, 7) is 3.08. The second-order valence-corrected chi connectivity index (χ2v) is 7.65. The van der Waals surface area contributed by atoms with E-state index in [2.05, 4.69) is 53.8 Å². The first-order valence-corrected chi connectivity index (χ1v) is 11.0. The van der Waals surface area contributed by atoms with Gasteiger partial charge in [-0.3, -0.25) is 0 Å². The molecule has 174 valence electrons. The van der Waals surface area contributed by atoms with Crippen LogP contribution in [0.25, 0.3) is 21.5 Å². The van der Waals surface area contributed by atoms with E-state index < -0.39 is 0 Å². The fraction of sp³-hybridized carbons (Fsp3) is 0.250. The largest absolute Gasteiger partial charge is 0.496 e. The number of rotatable bonds is 6. The van der Waals surface area contributed by atoms with Crippen LogP contribution < -0.4 is 31.0 Å². The van der Waals surface area contributed by atoms with Gasteiger partial charge < -0.3 is 20.1 Å². The Labute approximate surface area is 196 Å². The molecule has 0 fully saturated rings. The zero-order valence-electron chi connectivity index (χ0n) is 19.1. The summed E-state index contributed by atoms with van der Waals surface area (Å²) in [5.41, 5.74) is 7.78. The van der Waals surface area contributed by atoms with E-state index in [-0.39, 0.29) is 0 Å². The van der Waals surface area contributed by atoms with Crippen LogP contribution in [0.4, 0.5) is 0 Å². The zero-order chi connectivity index (χ0) is 23.3. The number of hydrazone groups is 2. The molecule has 0 bridgehead atoms. The molecule has 0 amide bonds. The maximum Gasteiger partial charge on any atom is 0.212 e. The molecule has 2 aliphatic heterocycles. The lowest BCUT2D eigenvalue weighted by molar-refractivity contribution is 0.410. The Kier molecular flexibility index (Phi) is 6.11. The van der Waals surface area contributed by atoms with Gasteiger partial charge in [-0.25, -0.2) is 20.8 Å². The minimum atomic E-state index is 0.660. The zero-order valence-corrected chi connectivity index (χ0v) is 19.1. The second-order valence-electron chi connectivity index (χ2n) is 7.65. The smallest absolute Gasteiger partial charge is 0.212 e. The molecule has 0 aliphatic carbocycles. The van der Waals surface area contributed by atoms with Crippen molar-refractivity contribution in [1.82, 2.24) is 21.5 Å². The summed E-state index contributed by atoms with van der Waals surface area (Å²) in [6.07, 6.45) is 3.59. The number of hydrogen-bond acceptors (Lipinski definition) is 10. The molecule has 2 aliphatic rings. The molecule has 34 heavy (non-hydrogen) atoms. The van der Waals surface area contributed by atoms with Gasteiger partial charge in [0, 0.05) is 35.0 Å². The van der Waals surface area contributed by atoms with Gasteiger partial charge in [0.05, 0.1) is 39.7 Å². The highest BCUT2D eigenvalue weighted by Gasteiger charge is 2.19. The molecule has 2 heterocycles. The van der Waals surface area contributed by atoms with Crippen molar-refractivity contribution < 1.29 is 9.47 Å². The summed E-state index contributed by atoms with van der Waals surface area (Å²) in [4.78, 5) is 8.66. The Morgan fingerprint density at radius 1 is 0.765 bits per heavy atom. The minimum absolute atomic E-state index is 0.660. The van der Waals surface area contributed by atoms with Crippen molar-refractivity contribution in [2.45, 2.75) is 0 Å². The molecule has 0 saturated heterocycles. The molecule has 0 radical (unpaired) electrons. The maximum absolute atomic E-state index is 5.77. The summed E-state index contributed by atoms with van der Waals surface area (Å²) in [5, 5.41) is 19.0. The highest BCUT2D eigenvalue weighted by atomic mass is 16.5. The molecular formula is C24H26N8O2. The number of aliphatic imine (C=N–C) groups is 2. The molecule has 0 atom stereocenters. The molecule has 5 rings (SSSR count). The van der Waals surface area contributed by atoms with E-state index in [9.17, 15) is 0 Å². The number of benzene rings is 3. The number of hydrogen-bond donors (Lipinski definition) is 4. The van der Waals surface area contributed by atoms with E-state index in [1.54, 1.807) is 26.6 Å². The van der Waals surface area contributed by atoms with Crippen molar-refractivity contribution in [3.05, 3.63) is 47.5 Å². The predicted octanol–water partition coefficient (Wildman–Crippen LogP) is 1.78. The van der Waals surface area contributed by atoms with E-state index in [4.69, 9.17) is 9.47 Å². The quantitative estimate of drug-likeness (QED) is 0.254. The summed E-state index contributed by atoms with van der Waals surface area (Å²) in [6, 6.07) is 11.9. The summed E-state index contributed by atoms with van der Waals surface area (Å²) in [5.74, 6) is 2.74. The third kappa shape index (κ3) is 4.05. The number of guanidine groups is 2. The van der Waals surface area contributed by atoms with Crippen LogP contribution in [0.1, 0.15) is 11.1 Å². The van der Waals surface area contributed by atoms with Crippen molar-refractivity contribution in [1.29, 1.82) is 0 Å². The van der Waals surface area contributed by atoms with Crippen molar-refractivity contribution in [3.8, 4) is 11.5 Å². The predicted molar refractivity (Wildman–Crippen MR) is 137 cm³/mol. The molecule has 3 aromatic rings. The Morgan fingerprint density at radius 2 is 1.24 bits per heavy atom. The lowest BCUT2D eigenvalue weighted by Gasteiger charge is -2.17. The normalized spacial score (nSPS) is 15.5. The van der Waals surface area contributed by atoms with Crippen molar-refractivity contribution in [2.24, 2.45) is 20.2 Å². The van der Waals surface area contributed by atoms with Crippen LogP contribution in [0.15, 0.2) is 56.6 Å². The average molecular weight is 459 g/mol.